The Balaban J connectivity index is 2.07. The Morgan fingerprint density at radius 2 is 2.18 bits per heavy atom. The van der Waals surface area contributed by atoms with E-state index in [2.05, 4.69) is 12.2 Å². The predicted molar refractivity (Wildman–Crippen MR) is 39.9 cm³/mol. The standard InChI is InChI=1S/C8H12O3/c9-5-8(10)11-6-7-3-1-2-4-7/h1-2,7,9H,3-6H2. The zero-order valence-electron chi connectivity index (χ0n) is 6.32. The van der Waals surface area contributed by atoms with Gasteiger partial charge in [0.1, 0.15) is 6.61 Å². The second kappa shape index (κ2) is 4.13. The molecule has 1 rings (SSSR count). The summed E-state index contributed by atoms with van der Waals surface area (Å²) in [6, 6.07) is 0. The summed E-state index contributed by atoms with van der Waals surface area (Å²) in [5.74, 6) is -0.0950. The van der Waals surface area contributed by atoms with Crippen molar-refractivity contribution in [3.63, 3.8) is 0 Å². The molecule has 0 aromatic carbocycles. The summed E-state index contributed by atoms with van der Waals surface area (Å²) in [6.07, 6.45) is 6.13. The van der Waals surface area contributed by atoms with Gasteiger partial charge in [0.25, 0.3) is 0 Å². The van der Waals surface area contributed by atoms with Crippen LogP contribution in [0.15, 0.2) is 12.2 Å². The molecule has 62 valence electrons. The van der Waals surface area contributed by atoms with E-state index in [4.69, 9.17) is 9.84 Å². The van der Waals surface area contributed by atoms with Gasteiger partial charge in [0, 0.05) is 0 Å². The number of allylic oxidation sites excluding steroid dienone is 2. The summed E-state index contributed by atoms with van der Waals surface area (Å²) in [7, 11) is 0. The van der Waals surface area contributed by atoms with E-state index in [0.29, 0.717) is 12.5 Å². The minimum atomic E-state index is -0.531. The van der Waals surface area contributed by atoms with Gasteiger partial charge in [0.15, 0.2) is 0 Å². The predicted octanol–water partition coefficient (Wildman–Crippen LogP) is 0.488. The minimum Gasteiger partial charge on any atom is -0.464 e. The molecule has 0 aromatic rings. The summed E-state index contributed by atoms with van der Waals surface area (Å²) in [5, 5.41) is 8.32. The Morgan fingerprint density at radius 1 is 1.55 bits per heavy atom. The van der Waals surface area contributed by atoms with Crippen molar-refractivity contribution in [2.24, 2.45) is 5.92 Å². The highest BCUT2D eigenvalue weighted by Gasteiger charge is 2.11. The van der Waals surface area contributed by atoms with Crippen LogP contribution in [-0.2, 0) is 9.53 Å². The Morgan fingerprint density at radius 3 is 2.73 bits per heavy atom. The third kappa shape index (κ3) is 2.72. The first-order valence-electron chi connectivity index (χ1n) is 3.74. The van der Waals surface area contributed by atoms with Gasteiger partial charge in [-0.05, 0) is 18.8 Å². The zero-order chi connectivity index (χ0) is 8.10. The maximum atomic E-state index is 10.5. The number of ether oxygens (including phenoxy) is 1. The number of carbonyl (C=O) groups is 1. The molecule has 0 aliphatic heterocycles. The minimum absolute atomic E-state index is 0.436. The zero-order valence-corrected chi connectivity index (χ0v) is 6.32. The molecule has 11 heavy (non-hydrogen) atoms. The van der Waals surface area contributed by atoms with Crippen LogP contribution in [0.3, 0.4) is 0 Å². The van der Waals surface area contributed by atoms with Gasteiger partial charge in [-0.15, -0.1) is 0 Å². The molecule has 0 aromatic heterocycles. The Bertz CT molecular complexity index is 155. The molecule has 0 amide bonds. The monoisotopic (exact) mass is 156 g/mol. The molecular weight excluding hydrogens is 144 g/mol. The molecule has 0 unspecified atom stereocenters. The van der Waals surface area contributed by atoms with Gasteiger partial charge in [-0.3, -0.25) is 0 Å². The van der Waals surface area contributed by atoms with Gasteiger partial charge >= 0.3 is 5.97 Å². The lowest BCUT2D eigenvalue weighted by Crippen LogP contribution is -2.14. The summed E-state index contributed by atoms with van der Waals surface area (Å²) < 4.78 is 4.75. The normalized spacial score (nSPS) is 17.2. The van der Waals surface area contributed by atoms with Crippen molar-refractivity contribution in [1.29, 1.82) is 0 Å². The van der Waals surface area contributed by atoms with Crippen molar-refractivity contribution in [3.05, 3.63) is 12.2 Å². The summed E-state index contributed by atoms with van der Waals surface area (Å²) >= 11 is 0. The summed E-state index contributed by atoms with van der Waals surface area (Å²) in [4.78, 5) is 10.5. The average molecular weight is 156 g/mol. The van der Waals surface area contributed by atoms with E-state index in [1.54, 1.807) is 0 Å². The number of hydrogen-bond acceptors (Lipinski definition) is 3. The first kappa shape index (κ1) is 8.27. The van der Waals surface area contributed by atoms with E-state index in [1.165, 1.54) is 0 Å². The number of esters is 1. The average Bonchev–Trinajstić information content (AvgIpc) is 2.52. The number of rotatable bonds is 3. The highest BCUT2D eigenvalue weighted by Crippen LogP contribution is 2.17. The fourth-order valence-corrected chi connectivity index (χ4v) is 1.07. The molecule has 3 nitrogen and oxygen atoms in total. The van der Waals surface area contributed by atoms with Gasteiger partial charge in [0.2, 0.25) is 0 Å². The number of carbonyl (C=O) groups excluding carboxylic acids is 1. The van der Waals surface area contributed by atoms with Crippen molar-refractivity contribution >= 4 is 5.97 Å². The van der Waals surface area contributed by atoms with Crippen LogP contribution in [0, 0.1) is 5.92 Å². The molecule has 0 atom stereocenters. The Kier molecular flexibility index (Phi) is 3.11. The molecule has 0 fully saturated rings. The van der Waals surface area contributed by atoms with Gasteiger partial charge in [-0.1, -0.05) is 12.2 Å². The first-order valence-corrected chi connectivity index (χ1v) is 3.74. The van der Waals surface area contributed by atoms with Gasteiger partial charge in [0.05, 0.1) is 6.61 Å². The van der Waals surface area contributed by atoms with Gasteiger partial charge in [-0.25, -0.2) is 4.79 Å². The molecule has 0 saturated carbocycles. The van der Waals surface area contributed by atoms with E-state index in [1.807, 2.05) is 0 Å². The smallest absolute Gasteiger partial charge is 0.331 e. The van der Waals surface area contributed by atoms with E-state index in [0.717, 1.165) is 12.8 Å². The number of aliphatic hydroxyl groups is 1. The molecule has 0 radical (unpaired) electrons. The molecule has 1 N–H and O–H groups in total. The highest BCUT2D eigenvalue weighted by molar-refractivity contribution is 5.70. The molecule has 0 spiro atoms. The Hall–Kier alpha value is -0.830. The second-order valence-corrected chi connectivity index (χ2v) is 2.65. The molecule has 0 bridgehead atoms. The third-order valence-corrected chi connectivity index (χ3v) is 1.71. The largest absolute Gasteiger partial charge is 0.464 e. The topological polar surface area (TPSA) is 46.5 Å². The van der Waals surface area contributed by atoms with Crippen molar-refractivity contribution in [2.45, 2.75) is 12.8 Å². The molecular formula is C8H12O3. The fraction of sp³-hybridized carbons (Fsp3) is 0.625. The lowest BCUT2D eigenvalue weighted by atomic mass is 10.1. The van der Waals surface area contributed by atoms with Crippen LogP contribution in [0.5, 0.6) is 0 Å². The van der Waals surface area contributed by atoms with Crippen LogP contribution in [0.1, 0.15) is 12.8 Å². The first-order chi connectivity index (χ1) is 5.33. The van der Waals surface area contributed by atoms with Gasteiger partial charge < -0.3 is 9.84 Å². The second-order valence-electron chi connectivity index (χ2n) is 2.65. The highest BCUT2D eigenvalue weighted by atomic mass is 16.5. The van der Waals surface area contributed by atoms with E-state index < -0.39 is 12.6 Å². The SMILES string of the molecule is O=C(CO)OCC1CC=CC1. The van der Waals surface area contributed by atoms with Crippen molar-refractivity contribution < 1.29 is 14.6 Å². The van der Waals surface area contributed by atoms with Crippen LogP contribution in [-0.4, -0.2) is 24.3 Å². The van der Waals surface area contributed by atoms with E-state index >= 15 is 0 Å². The van der Waals surface area contributed by atoms with Crippen LogP contribution in [0.25, 0.3) is 0 Å². The maximum Gasteiger partial charge on any atom is 0.331 e. The lowest BCUT2D eigenvalue weighted by molar-refractivity contribution is -0.148. The van der Waals surface area contributed by atoms with Crippen LogP contribution < -0.4 is 0 Å². The van der Waals surface area contributed by atoms with E-state index in [9.17, 15) is 4.79 Å². The maximum absolute atomic E-state index is 10.5. The third-order valence-electron chi connectivity index (χ3n) is 1.71. The van der Waals surface area contributed by atoms with Crippen molar-refractivity contribution in [2.75, 3.05) is 13.2 Å². The van der Waals surface area contributed by atoms with Crippen molar-refractivity contribution in [1.82, 2.24) is 0 Å². The molecule has 0 heterocycles. The molecule has 3 heteroatoms. The van der Waals surface area contributed by atoms with Crippen LogP contribution >= 0.6 is 0 Å². The quantitative estimate of drug-likeness (QED) is 0.477. The van der Waals surface area contributed by atoms with Gasteiger partial charge in [-0.2, -0.15) is 0 Å². The van der Waals surface area contributed by atoms with Crippen molar-refractivity contribution in [3.8, 4) is 0 Å². The molecule has 0 saturated heterocycles. The van der Waals surface area contributed by atoms with Crippen LogP contribution in [0.4, 0.5) is 0 Å². The number of aliphatic hydroxyl groups excluding tert-OH is 1. The molecule has 1 aliphatic rings. The summed E-state index contributed by atoms with van der Waals surface area (Å²) in [5.41, 5.74) is 0. The number of hydrogen-bond donors (Lipinski definition) is 1. The lowest BCUT2D eigenvalue weighted by Gasteiger charge is -2.08. The molecule has 1 aliphatic carbocycles. The fourth-order valence-electron chi connectivity index (χ4n) is 1.07. The van der Waals surface area contributed by atoms with E-state index in [-0.39, 0.29) is 0 Å². The summed E-state index contributed by atoms with van der Waals surface area (Å²) in [6.45, 7) is -0.0768. The Labute approximate surface area is 65.7 Å². The van der Waals surface area contributed by atoms with Crippen LogP contribution in [0.2, 0.25) is 0 Å².